The van der Waals surface area contributed by atoms with Gasteiger partial charge in [-0.1, -0.05) is 29.8 Å². The maximum absolute atomic E-state index is 5.99. The summed E-state index contributed by atoms with van der Waals surface area (Å²) >= 11 is 5.99. The van der Waals surface area contributed by atoms with Crippen molar-refractivity contribution >= 4 is 17.3 Å². The Kier molecular flexibility index (Phi) is 3.71. The van der Waals surface area contributed by atoms with Crippen molar-refractivity contribution in [2.24, 2.45) is 5.92 Å². The number of hydrogen-bond acceptors (Lipinski definition) is 1. The largest absolute Gasteiger partial charge is 0.378 e. The van der Waals surface area contributed by atoms with E-state index in [9.17, 15) is 0 Å². The van der Waals surface area contributed by atoms with E-state index in [0.29, 0.717) is 6.04 Å². The molecule has 1 fully saturated rings. The Hall–Kier alpha value is -1.47. The van der Waals surface area contributed by atoms with E-state index in [1.165, 1.54) is 35.2 Å². The van der Waals surface area contributed by atoms with E-state index in [0.717, 1.165) is 10.9 Å². The average molecular weight is 286 g/mol. The summed E-state index contributed by atoms with van der Waals surface area (Å²) in [6.07, 6.45) is 2.62. The molecule has 2 aromatic rings. The third kappa shape index (κ3) is 2.99. The maximum Gasteiger partial charge on any atom is 0.0542 e. The van der Waals surface area contributed by atoms with Crippen molar-refractivity contribution in [1.29, 1.82) is 0 Å². The highest BCUT2D eigenvalue weighted by molar-refractivity contribution is 6.30. The van der Waals surface area contributed by atoms with Gasteiger partial charge in [0.25, 0.3) is 0 Å². The van der Waals surface area contributed by atoms with E-state index < -0.39 is 0 Å². The topological polar surface area (TPSA) is 12.0 Å². The number of hydrogen-bond donors (Lipinski definition) is 1. The van der Waals surface area contributed by atoms with Crippen molar-refractivity contribution in [3.8, 4) is 0 Å². The van der Waals surface area contributed by atoms with Gasteiger partial charge in [0.1, 0.15) is 0 Å². The summed E-state index contributed by atoms with van der Waals surface area (Å²) in [5, 5.41) is 4.50. The Morgan fingerprint density at radius 2 is 1.70 bits per heavy atom. The molecule has 0 heterocycles. The third-order valence-electron chi connectivity index (χ3n) is 4.15. The van der Waals surface area contributed by atoms with Gasteiger partial charge < -0.3 is 5.32 Å². The normalized spacial score (nSPS) is 15.9. The zero-order valence-corrected chi connectivity index (χ0v) is 12.7. The first kappa shape index (κ1) is 13.5. The van der Waals surface area contributed by atoms with Crippen LogP contribution in [0.25, 0.3) is 0 Å². The molecule has 0 saturated heterocycles. The molecule has 0 amide bonds. The average Bonchev–Trinajstić information content (AvgIpc) is 3.26. The summed E-state index contributed by atoms with van der Waals surface area (Å²) in [5.41, 5.74) is 5.21. The van der Waals surface area contributed by atoms with Gasteiger partial charge in [0.15, 0.2) is 0 Å². The zero-order valence-electron chi connectivity index (χ0n) is 12.0. The molecule has 2 aromatic carbocycles. The summed E-state index contributed by atoms with van der Waals surface area (Å²) in [5.74, 6) is 0.748. The number of rotatable bonds is 4. The standard InChI is InChI=1S/C18H20ClN/c1-12-3-10-17(11-13(12)2)20-18(14-4-5-14)15-6-8-16(19)9-7-15/h3,6-11,14,18,20H,4-5H2,1-2H3. The lowest BCUT2D eigenvalue weighted by molar-refractivity contribution is 0.679. The molecule has 0 bridgehead atoms. The van der Waals surface area contributed by atoms with Gasteiger partial charge in [-0.05, 0) is 73.6 Å². The van der Waals surface area contributed by atoms with E-state index >= 15 is 0 Å². The SMILES string of the molecule is Cc1ccc(NC(c2ccc(Cl)cc2)C2CC2)cc1C. The van der Waals surface area contributed by atoms with Crippen molar-refractivity contribution in [2.45, 2.75) is 32.7 Å². The van der Waals surface area contributed by atoms with Gasteiger partial charge >= 0.3 is 0 Å². The van der Waals surface area contributed by atoms with Crippen LogP contribution in [0.2, 0.25) is 5.02 Å². The Bertz CT molecular complexity index is 599. The molecule has 1 atom stereocenters. The van der Waals surface area contributed by atoms with Crippen LogP contribution in [0.4, 0.5) is 5.69 Å². The molecule has 0 radical (unpaired) electrons. The third-order valence-corrected chi connectivity index (χ3v) is 4.40. The number of halogens is 1. The maximum atomic E-state index is 5.99. The van der Waals surface area contributed by atoms with Gasteiger partial charge in [-0.25, -0.2) is 0 Å². The lowest BCUT2D eigenvalue weighted by Gasteiger charge is -2.21. The molecule has 104 valence electrons. The molecule has 1 aliphatic carbocycles. The van der Waals surface area contributed by atoms with Crippen LogP contribution in [0.3, 0.4) is 0 Å². The van der Waals surface area contributed by atoms with Crippen LogP contribution in [-0.2, 0) is 0 Å². The lowest BCUT2D eigenvalue weighted by atomic mass is 10.0. The molecule has 1 nitrogen and oxygen atoms in total. The molecular weight excluding hydrogens is 266 g/mol. The number of benzene rings is 2. The second kappa shape index (κ2) is 5.49. The van der Waals surface area contributed by atoms with Gasteiger partial charge in [0.05, 0.1) is 6.04 Å². The Morgan fingerprint density at radius 3 is 2.30 bits per heavy atom. The monoisotopic (exact) mass is 285 g/mol. The summed E-state index contributed by atoms with van der Waals surface area (Å²) in [4.78, 5) is 0. The van der Waals surface area contributed by atoms with Gasteiger partial charge in [0.2, 0.25) is 0 Å². The minimum absolute atomic E-state index is 0.398. The van der Waals surface area contributed by atoms with Crippen LogP contribution in [0, 0.1) is 19.8 Å². The number of nitrogens with one attached hydrogen (secondary N) is 1. The summed E-state index contributed by atoms with van der Waals surface area (Å²) in [6.45, 7) is 4.31. The molecule has 0 aromatic heterocycles. The van der Waals surface area contributed by atoms with Gasteiger partial charge in [-0.15, -0.1) is 0 Å². The first-order chi connectivity index (χ1) is 9.63. The Morgan fingerprint density at radius 1 is 1.00 bits per heavy atom. The highest BCUT2D eigenvalue weighted by atomic mass is 35.5. The first-order valence-corrected chi connectivity index (χ1v) is 7.60. The van der Waals surface area contributed by atoms with Gasteiger partial charge in [-0.3, -0.25) is 0 Å². The Labute approximate surface area is 126 Å². The molecule has 0 aliphatic heterocycles. The minimum Gasteiger partial charge on any atom is -0.378 e. The van der Waals surface area contributed by atoms with Crippen LogP contribution < -0.4 is 5.32 Å². The van der Waals surface area contributed by atoms with Crippen molar-refractivity contribution in [3.05, 3.63) is 64.2 Å². The smallest absolute Gasteiger partial charge is 0.0542 e. The van der Waals surface area contributed by atoms with Crippen LogP contribution >= 0.6 is 11.6 Å². The van der Waals surface area contributed by atoms with Crippen molar-refractivity contribution in [1.82, 2.24) is 0 Å². The fourth-order valence-electron chi connectivity index (χ4n) is 2.58. The zero-order chi connectivity index (χ0) is 14.1. The fourth-order valence-corrected chi connectivity index (χ4v) is 2.71. The van der Waals surface area contributed by atoms with Crippen LogP contribution in [0.5, 0.6) is 0 Å². The summed E-state index contributed by atoms with van der Waals surface area (Å²) in [7, 11) is 0. The molecule has 2 heteroatoms. The highest BCUT2D eigenvalue weighted by Gasteiger charge is 2.32. The molecule has 1 N–H and O–H groups in total. The predicted octanol–water partition coefficient (Wildman–Crippen LogP) is 5.52. The van der Waals surface area contributed by atoms with Crippen LogP contribution in [-0.4, -0.2) is 0 Å². The van der Waals surface area contributed by atoms with Crippen molar-refractivity contribution in [2.75, 3.05) is 5.32 Å². The number of anilines is 1. The minimum atomic E-state index is 0.398. The van der Waals surface area contributed by atoms with E-state index in [1.54, 1.807) is 0 Å². The van der Waals surface area contributed by atoms with E-state index in [-0.39, 0.29) is 0 Å². The van der Waals surface area contributed by atoms with Gasteiger partial charge in [0, 0.05) is 10.7 Å². The molecule has 0 spiro atoms. The summed E-state index contributed by atoms with van der Waals surface area (Å²) < 4.78 is 0. The van der Waals surface area contributed by atoms with Crippen LogP contribution in [0.15, 0.2) is 42.5 Å². The first-order valence-electron chi connectivity index (χ1n) is 7.23. The second-order valence-corrected chi connectivity index (χ2v) is 6.25. The van der Waals surface area contributed by atoms with E-state index in [1.807, 2.05) is 12.1 Å². The molecule has 1 aliphatic rings. The fraction of sp³-hybridized carbons (Fsp3) is 0.333. The van der Waals surface area contributed by atoms with Gasteiger partial charge in [-0.2, -0.15) is 0 Å². The lowest BCUT2D eigenvalue weighted by Crippen LogP contribution is -2.13. The molecule has 1 unspecified atom stereocenters. The van der Waals surface area contributed by atoms with Crippen LogP contribution in [0.1, 0.15) is 35.6 Å². The predicted molar refractivity (Wildman–Crippen MR) is 86.5 cm³/mol. The highest BCUT2D eigenvalue weighted by Crippen LogP contribution is 2.43. The van der Waals surface area contributed by atoms with Crippen molar-refractivity contribution in [3.63, 3.8) is 0 Å². The second-order valence-electron chi connectivity index (χ2n) is 5.81. The molecule has 1 saturated carbocycles. The van der Waals surface area contributed by atoms with E-state index in [2.05, 4.69) is 49.5 Å². The quantitative estimate of drug-likeness (QED) is 0.780. The summed E-state index contributed by atoms with van der Waals surface area (Å²) in [6, 6.07) is 15.2. The molecular formula is C18H20ClN. The van der Waals surface area contributed by atoms with Crippen molar-refractivity contribution < 1.29 is 0 Å². The molecule has 3 rings (SSSR count). The number of aryl methyl sites for hydroxylation is 2. The van der Waals surface area contributed by atoms with E-state index in [4.69, 9.17) is 11.6 Å². The molecule has 20 heavy (non-hydrogen) atoms. The Balaban J connectivity index is 1.84.